The number of hydrogen-bond acceptors (Lipinski definition) is 3. The maximum absolute atomic E-state index is 12.6. The zero-order valence-corrected chi connectivity index (χ0v) is 12.2. The van der Waals surface area contributed by atoms with Crippen LogP contribution in [-0.2, 0) is 9.59 Å². The highest BCUT2D eigenvalue weighted by molar-refractivity contribution is 5.93. The number of hydrogen-bond donors (Lipinski definition) is 1. The summed E-state index contributed by atoms with van der Waals surface area (Å²) in [6.07, 6.45) is 0. The molecule has 0 unspecified atom stereocenters. The van der Waals surface area contributed by atoms with Crippen LogP contribution in [0.4, 0.5) is 0 Å². The molecule has 20 heavy (non-hydrogen) atoms. The minimum Gasteiger partial charge on any atom is -0.342 e. The van der Waals surface area contributed by atoms with Crippen LogP contribution >= 0.6 is 0 Å². The van der Waals surface area contributed by atoms with Gasteiger partial charge in [0.25, 0.3) is 0 Å². The molecule has 2 N–H and O–H groups in total. The van der Waals surface area contributed by atoms with Gasteiger partial charge in [0.05, 0.1) is 0 Å². The Kier molecular flexibility index (Phi) is 3.81. The lowest BCUT2D eigenvalue weighted by Crippen LogP contribution is -2.64. The maximum Gasteiger partial charge on any atom is 0.247 e. The van der Waals surface area contributed by atoms with E-state index in [2.05, 4.69) is 0 Å². The summed E-state index contributed by atoms with van der Waals surface area (Å²) in [4.78, 5) is 28.0. The van der Waals surface area contributed by atoms with Gasteiger partial charge in [-0.05, 0) is 19.4 Å². The van der Waals surface area contributed by atoms with Crippen LogP contribution in [0.15, 0.2) is 30.3 Å². The molecule has 0 bridgehead atoms. The Bertz CT molecular complexity index is 513. The van der Waals surface area contributed by atoms with E-state index in [1.54, 1.807) is 30.7 Å². The quantitative estimate of drug-likeness (QED) is 0.866. The second-order valence-corrected chi connectivity index (χ2v) is 5.66. The molecule has 1 aliphatic rings. The van der Waals surface area contributed by atoms with Gasteiger partial charge in [0.2, 0.25) is 11.8 Å². The number of amides is 2. The van der Waals surface area contributed by atoms with Gasteiger partial charge >= 0.3 is 0 Å². The third-order valence-electron chi connectivity index (χ3n) is 3.89. The van der Waals surface area contributed by atoms with Crippen molar-refractivity contribution in [3.8, 4) is 0 Å². The Morgan fingerprint density at radius 3 is 2.45 bits per heavy atom. The van der Waals surface area contributed by atoms with Gasteiger partial charge in [0, 0.05) is 20.1 Å². The van der Waals surface area contributed by atoms with Crippen LogP contribution in [0.2, 0.25) is 0 Å². The van der Waals surface area contributed by atoms with Crippen molar-refractivity contribution >= 4 is 11.8 Å². The Hall–Kier alpha value is -1.88. The molecular weight excluding hydrogens is 254 g/mol. The molecular formula is C15H21N3O2. The van der Waals surface area contributed by atoms with Crippen molar-refractivity contribution < 1.29 is 9.59 Å². The zero-order chi connectivity index (χ0) is 14.9. The van der Waals surface area contributed by atoms with Crippen LogP contribution in [0.5, 0.6) is 0 Å². The molecule has 108 valence electrons. The first-order valence-electron chi connectivity index (χ1n) is 6.73. The molecule has 1 aliphatic heterocycles. The van der Waals surface area contributed by atoms with Crippen LogP contribution in [0.1, 0.15) is 25.5 Å². The fourth-order valence-electron chi connectivity index (χ4n) is 2.57. The topological polar surface area (TPSA) is 66.6 Å². The number of benzene rings is 1. The molecule has 1 aromatic rings. The van der Waals surface area contributed by atoms with Crippen molar-refractivity contribution in [3.05, 3.63) is 35.9 Å². The summed E-state index contributed by atoms with van der Waals surface area (Å²) in [5, 5.41) is 0. The van der Waals surface area contributed by atoms with Crippen molar-refractivity contribution in [2.45, 2.75) is 25.4 Å². The first-order chi connectivity index (χ1) is 9.35. The number of rotatable bonds is 2. The number of likely N-dealkylation sites (N-methyl/N-ethyl adjacent to an activating group) is 1. The fourth-order valence-corrected chi connectivity index (χ4v) is 2.57. The average molecular weight is 275 g/mol. The summed E-state index contributed by atoms with van der Waals surface area (Å²) in [5.41, 5.74) is 5.97. The van der Waals surface area contributed by atoms with E-state index >= 15 is 0 Å². The Balaban J connectivity index is 2.23. The van der Waals surface area contributed by atoms with E-state index in [0.717, 1.165) is 5.56 Å². The first kappa shape index (κ1) is 14.5. The second-order valence-electron chi connectivity index (χ2n) is 5.66. The minimum atomic E-state index is -0.851. The van der Waals surface area contributed by atoms with E-state index in [1.807, 2.05) is 30.3 Å². The molecule has 0 saturated carbocycles. The van der Waals surface area contributed by atoms with Gasteiger partial charge in [-0.25, -0.2) is 0 Å². The molecule has 2 rings (SSSR count). The van der Waals surface area contributed by atoms with Gasteiger partial charge in [0.15, 0.2) is 0 Å². The SMILES string of the molecule is CN1CCN(C(=O)[C@@H](N)c2ccccc2)C(C)(C)C1=O. The highest BCUT2D eigenvalue weighted by atomic mass is 16.2. The summed E-state index contributed by atoms with van der Waals surface area (Å²) in [5.74, 6) is -0.264. The van der Waals surface area contributed by atoms with Crippen molar-refractivity contribution in [2.75, 3.05) is 20.1 Å². The Morgan fingerprint density at radius 1 is 1.25 bits per heavy atom. The third kappa shape index (κ3) is 2.41. The van der Waals surface area contributed by atoms with Crippen molar-refractivity contribution in [2.24, 2.45) is 5.73 Å². The minimum absolute atomic E-state index is 0.0580. The van der Waals surface area contributed by atoms with Crippen LogP contribution in [0.3, 0.4) is 0 Å². The Morgan fingerprint density at radius 2 is 1.85 bits per heavy atom. The molecule has 1 aromatic carbocycles. The lowest BCUT2D eigenvalue weighted by atomic mass is 9.95. The maximum atomic E-state index is 12.6. The van der Waals surface area contributed by atoms with E-state index < -0.39 is 11.6 Å². The predicted molar refractivity (Wildman–Crippen MR) is 76.8 cm³/mol. The highest BCUT2D eigenvalue weighted by Gasteiger charge is 2.44. The van der Waals surface area contributed by atoms with E-state index in [1.165, 1.54) is 0 Å². The van der Waals surface area contributed by atoms with Crippen LogP contribution in [-0.4, -0.2) is 47.3 Å². The summed E-state index contributed by atoms with van der Waals surface area (Å²) in [6.45, 7) is 4.57. The molecule has 1 atom stereocenters. The zero-order valence-electron chi connectivity index (χ0n) is 12.2. The van der Waals surface area contributed by atoms with E-state index in [9.17, 15) is 9.59 Å². The summed E-state index contributed by atoms with van der Waals surface area (Å²) in [6, 6.07) is 8.50. The predicted octanol–water partition coefficient (Wildman–Crippen LogP) is 0.766. The summed E-state index contributed by atoms with van der Waals surface area (Å²) < 4.78 is 0. The van der Waals surface area contributed by atoms with Crippen molar-refractivity contribution in [1.29, 1.82) is 0 Å². The number of piperazine rings is 1. The van der Waals surface area contributed by atoms with Crippen molar-refractivity contribution in [3.63, 3.8) is 0 Å². The molecule has 1 heterocycles. The third-order valence-corrected chi connectivity index (χ3v) is 3.89. The largest absolute Gasteiger partial charge is 0.342 e. The average Bonchev–Trinajstić information content (AvgIpc) is 2.44. The van der Waals surface area contributed by atoms with E-state index in [0.29, 0.717) is 13.1 Å². The van der Waals surface area contributed by atoms with Crippen LogP contribution < -0.4 is 5.73 Å². The lowest BCUT2D eigenvalue weighted by Gasteiger charge is -2.45. The summed E-state index contributed by atoms with van der Waals surface area (Å²) >= 11 is 0. The van der Waals surface area contributed by atoms with E-state index in [-0.39, 0.29) is 11.8 Å². The van der Waals surface area contributed by atoms with Gasteiger partial charge < -0.3 is 15.5 Å². The van der Waals surface area contributed by atoms with Gasteiger partial charge in [-0.1, -0.05) is 30.3 Å². The van der Waals surface area contributed by atoms with E-state index in [4.69, 9.17) is 5.73 Å². The molecule has 1 saturated heterocycles. The van der Waals surface area contributed by atoms with Gasteiger partial charge in [-0.3, -0.25) is 9.59 Å². The highest BCUT2D eigenvalue weighted by Crippen LogP contribution is 2.25. The molecule has 0 spiro atoms. The molecule has 0 aromatic heterocycles. The van der Waals surface area contributed by atoms with Gasteiger partial charge in [0.1, 0.15) is 11.6 Å². The van der Waals surface area contributed by atoms with Crippen LogP contribution in [0, 0.1) is 0 Å². The molecule has 5 nitrogen and oxygen atoms in total. The normalized spacial score (nSPS) is 19.9. The van der Waals surface area contributed by atoms with Gasteiger partial charge in [-0.2, -0.15) is 0 Å². The summed E-state index contributed by atoms with van der Waals surface area (Å²) in [7, 11) is 1.75. The number of carbonyl (C=O) groups excluding carboxylic acids is 2. The molecule has 0 aliphatic carbocycles. The Labute approximate surface area is 119 Å². The molecule has 2 amide bonds. The van der Waals surface area contributed by atoms with Gasteiger partial charge in [-0.15, -0.1) is 0 Å². The second kappa shape index (κ2) is 5.25. The standard InChI is InChI=1S/C15H21N3O2/c1-15(2)14(20)17(3)9-10-18(15)13(19)12(16)11-7-5-4-6-8-11/h4-8,12H,9-10,16H2,1-3H3/t12-/m0/s1. The molecule has 0 radical (unpaired) electrons. The number of nitrogens with two attached hydrogens (primary N) is 1. The number of carbonyl (C=O) groups is 2. The monoisotopic (exact) mass is 275 g/mol. The fraction of sp³-hybridized carbons (Fsp3) is 0.467. The van der Waals surface area contributed by atoms with Crippen molar-refractivity contribution in [1.82, 2.24) is 9.80 Å². The first-order valence-corrected chi connectivity index (χ1v) is 6.73. The molecule has 5 heteroatoms. The smallest absolute Gasteiger partial charge is 0.247 e. The van der Waals surface area contributed by atoms with Crippen LogP contribution in [0.25, 0.3) is 0 Å². The number of nitrogens with zero attached hydrogens (tertiary/aromatic N) is 2. The molecule has 1 fully saturated rings. The lowest BCUT2D eigenvalue weighted by molar-refractivity contribution is -0.158.